The third kappa shape index (κ3) is 5.19. The van der Waals surface area contributed by atoms with Gasteiger partial charge in [0.15, 0.2) is 0 Å². The summed E-state index contributed by atoms with van der Waals surface area (Å²) >= 11 is 17.9. The van der Waals surface area contributed by atoms with E-state index in [1.165, 1.54) is 25.3 Å². The van der Waals surface area contributed by atoms with E-state index in [1.54, 1.807) is 31.4 Å². The third-order valence-electron chi connectivity index (χ3n) is 3.17. The summed E-state index contributed by atoms with van der Waals surface area (Å²) in [5, 5.41) is 0.982. The van der Waals surface area contributed by atoms with Crippen LogP contribution in [0.4, 0.5) is 5.69 Å². The van der Waals surface area contributed by atoms with Gasteiger partial charge in [-0.25, -0.2) is 0 Å². The van der Waals surface area contributed by atoms with Gasteiger partial charge in [-0.2, -0.15) is 0 Å². The molecule has 2 aromatic carbocycles. The topological polar surface area (TPSA) is 59.6 Å². The summed E-state index contributed by atoms with van der Waals surface area (Å²) in [6.45, 7) is 0. The summed E-state index contributed by atoms with van der Waals surface area (Å²) in [6, 6.07) is 8.31. The number of amides is 1. The van der Waals surface area contributed by atoms with Gasteiger partial charge in [-0.15, -0.1) is 0 Å². The number of hydrogen-bond donors (Lipinski definition) is 2. The van der Waals surface area contributed by atoms with Crippen LogP contribution in [0.25, 0.3) is 6.08 Å². The summed E-state index contributed by atoms with van der Waals surface area (Å²) < 4.78 is 10.4. The normalized spacial score (nSPS) is 10.6. The number of anilines is 1. The standard InChI is InChI=1S/C17H15Cl3N2O3/c1-24-12-5-3-10(15(9-12)25-2)4-6-16(23)21-22-17-13(19)7-11(18)8-14(17)20/h3-9,22H,1-2H3,(H,21,23)/b6-4+. The van der Waals surface area contributed by atoms with Crippen LogP contribution in [0, 0.1) is 0 Å². The molecule has 132 valence electrons. The second-order valence-electron chi connectivity index (χ2n) is 4.80. The van der Waals surface area contributed by atoms with Gasteiger partial charge in [-0.1, -0.05) is 34.8 Å². The Morgan fingerprint density at radius 3 is 2.32 bits per heavy atom. The largest absolute Gasteiger partial charge is 0.497 e. The summed E-state index contributed by atoms with van der Waals surface area (Å²) in [6.07, 6.45) is 2.95. The molecule has 0 radical (unpaired) electrons. The van der Waals surface area contributed by atoms with Crippen molar-refractivity contribution in [2.75, 3.05) is 19.6 Å². The molecule has 0 aliphatic rings. The molecule has 25 heavy (non-hydrogen) atoms. The average Bonchev–Trinajstić information content (AvgIpc) is 2.58. The molecule has 0 aliphatic carbocycles. The quantitative estimate of drug-likeness (QED) is 0.538. The smallest absolute Gasteiger partial charge is 0.262 e. The number of benzene rings is 2. The number of ether oxygens (including phenoxy) is 2. The predicted molar refractivity (Wildman–Crippen MR) is 102 cm³/mol. The molecular weight excluding hydrogens is 387 g/mol. The molecule has 0 saturated carbocycles. The van der Waals surface area contributed by atoms with Gasteiger partial charge in [0.05, 0.1) is 30.0 Å². The van der Waals surface area contributed by atoms with Crippen molar-refractivity contribution in [1.29, 1.82) is 0 Å². The summed E-state index contributed by atoms with van der Waals surface area (Å²) in [4.78, 5) is 12.0. The van der Waals surface area contributed by atoms with Crippen molar-refractivity contribution in [3.63, 3.8) is 0 Å². The highest BCUT2D eigenvalue weighted by atomic mass is 35.5. The minimum atomic E-state index is -0.403. The molecule has 0 atom stereocenters. The lowest BCUT2D eigenvalue weighted by molar-refractivity contribution is -0.115. The molecule has 8 heteroatoms. The van der Waals surface area contributed by atoms with E-state index in [9.17, 15) is 4.79 Å². The van der Waals surface area contributed by atoms with Gasteiger partial charge in [-0.05, 0) is 30.3 Å². The zero-order chi connectivity index (χ0) is 18.4. The Balaban J connectivity index is 2.05. The van der Waals surface area contributed by atoms with Crippen LogP contribution in [-0.2, 0) is 4.79 Å². The van der Waals surface area contributed by atoms with Crippen molar-refractivity contribution in [2.24, 2.45) is 0 Å². The number of nitrogens with one attached hydrogen (secondary N) is 2. The predicted octanol–water partition coefficient (Wildman–Crippen LogP) is 4.82. The lowest BCUT2D eigenvalue weighted by atomic mass is 10.1. The third-order valence-corrected chi connectivity index (χ3v) is 3.99. The number of rotatable bonds is 6. The van der Waals surface area contributed by atoms with Crippen LogP contribution in [0.2, 0.25) is 15.1 Å². The lowest BCUT2D eigenvalue weighted by Crippen LogP contribution is -2.27. The van der Waals surface area contributed by atoms with Gasteiger partial charge in [-0.3, -0.25) is 15.6 Å². The minimum Gasteiger partial charge on any atom is -0.497 e. The Labute approximate surface area is 160 Å². The number of methoxy groups -OCH3 is 2. The molecule has 0 spiro atoms. The molecule has 0 heterocycles. The molecule has 0 unspecified atom stereocenters. The van der Waals surface area contributed by atoms with E-state index in [0.717, 1.165) is 5.56 Å². The molecule has 0 aliphatic heterocycles. The lowest BCUT2D eigenvalue weighted by Gasteiger charge is -2.11. The van der Waals surface area contributed by atoms with Crippen molar-refractivity contribution < 1.29 is 14.3 Å². The molecule has 5 nitrogen and oxygen atoms in total. The van der Waals surface area contributed by atoms with Crippen molar-refractivity contribution in [3.8, 4) is 11.5 Å². The van der Waals surface area contributed by atoms with E-state index >= 15 is 0 Å². The fraction of sp³-hybridized carbons (Fsp3) is 0.118. The van der Waals surface area contributed by atoms with E-state index in [1.807, 2.05) is 0 Å². The SMILES string of the molecule is COc1ccc(/C=C/C(=O)NNc2c(Cl)cc(Cl)cc2Cl)c(OC)c1. The first-order valence-corrected chi connectivity index (χ1v) is 8.18. The Morgan fingerprint density at radius 2 is 1.72 bits per heavy atom. The molecule has 2 N–H and O–H groups in total. The van der Waals surface area contributed by atoms with Gasteiger partial charge in [0.25, 0.3) is 5.91 Å². The molecule has 0 bridgehead atoms. The van der Waals surface area contributed by atoms with Gasteiger partial charge >= 0.3 is 0 Å². The van der Waals surface area contributed by atoms with E-state index < -0.39 is 5.91 Å². The van der Waals surface area contributed by atoms with Crippen LogP contribution in [0.5, 0.6) is 11.5 Å². The van der Waals surface area contributed by atoms with E-state index in [2.05, 4.69) is 10.9 Å². The maximum Gasteiger partial charge on any atom is 0.262 e. The Bertz CT molecular complexity index is 787. The van der Waals surface area contributed by atoms with E-state index in [4.69, 9.17) is 44.3 Å². The van der Waals surface area contributed by atoms with E-state index in [0.29, 0.717) is 32.3 Å². The number of carbonyl (C=O) groups is 1. The van der Waals surface area contributed by atoms with Crippen LogP contribution < -0.4 is 20.3 Å². The molecule has 0 saturated heterocycles. The minimum absolute atomic E-state index is 0.290. The zero-order valence-electron chi connectivity index (χ0n) is 13.4. The molecule has 0 fully saturated rings. The van der Waals surface area contributed by atoms with E-state index in [-0.39, 0.29) is 0 Å². The Kier molecular flexibility index (Phi) is 6.82. The fourth-order valence-electron chi connectivity index (χ4n) is 1.95. The highest BCUT2D eigenvalue weighted by Crippen LogP contribution is 2.33. The maximum absolute atomic E-state index is 12.0. The number of halogens is 3. The first-order chi connectivity index (χ1) is 11.9. The highest BCUT2D eigenvalue weighted by molar-refractivity contribution is 6.41. The van der Waals surface area contributed by atoms with Gasteiger partial charge in [0, 0.05) is 22.7 Å². The Morgan fingerprint density at radius 1 is 1.04 bits per heavy atom. The summed E-state index contributed by atoms with van der Waals surface area (Å²) in [7, 11) is 3.11. The average molecular weight is 402 g/mol. The molecule has 2 aromatic rings. The van der Waals surface area contributed by atoms with Gasteiger partial charge in [0.2, 0.25) is 0 Å². The molecule has 2 rings (SSSR count). The molecule has 1 amide bonds. The molecule has 0 aromatic heterocycles. The van der Waals surface area contributed by atoms with Crippen molar-refractivity contribution in [1.82, 2.24) is 5.43 Å². The second-order valence-corrected chi connectivity index (χ2v) is 6.05. The number of hydrazine groups is 1. The van der Waals surface area contributed by atoms with Crippen molar-refractivity contribution in [3.05, 3.63) is 57.0 Å². The summed E-state index contributed by atoms with van der Waals surface area (Å²) in [5.41, 5.74) is 6.22. The van der Waals surface area contributed by atoms with Crippen LogP contribution in [0.3, 0.4) is 0 Å². The fourth-order valence-corrected chi connectivity index (χ4v) is 2.86. The monoisotopic (exact) mass is 400 g/mol. The van der Waals surface area contributed by atoms with Gasteiger partial charge in [0.1, 0.15) is 11.5 Å². The first-order valence-electron chi connectivity index (χ1n) is 7.05. The zero-order valence-corrected chi connectivity index (χ0v) is 15.7. The Hall–Kier alpha value is -2.08. The molecular formula is C17H15Cl3N2O3. The highest BCUT2D eigenvalue weighted by Gasteiger charge is 2.08. The summed E-state index contributed by atoms with van der Waals surface area (Å²) in [5.74, 6) is 0.840. The van der Waals surface area contributed by atoms with Crippen LogP contribution in [0.1, 0.15) is 5.56 Å². The van der Waals surface area contributed by atoms with Crippen molar-refractivity contribution >= 4 is 52.5 Å². The van der Waals surface area contributed by atoms with Gasteiger partial charge < -0.3 is 9.47 Å². The first kappa shape index (κ1) is 19.2. The van der Waals surface area contributed by atoms with Crippen LogP contribution in [-0.4, -0.2) is 20.1 Å². The van der Waals surface area contributed by atoms with Crippen molar-refractivity contribution in [2.45, 2.75) is 0 Å². The van der Waals surface area contributed by atoms with Crippen LogP contribution >= 0.6 is 34.8 Å². The number of carbonyl (C=O) groups excluding carboxylic acids is 1. The number of hydrogen-bond acceptors (Lipinski definition) is 4. The maximum atomic E-state index is 12.0. The second kappa shape index (κ2) is 8.85. The van der Waals surface area contributed by atoms with Crippen LogP contribution in [0.15, 0.2) is 36.4 Å².